The lowest BCUT2D eigenvalue weighted by Crippen LogP contribution is -2.30. The van der Waals surface area contributed by atoms with Crippen molar-refractivity contribution >= 4 is 11.6 Å². The number of rotatable bonds is 5. The number of alkyl halides is 3. The number of hydrogen-bond donors (Lipinski definition) is 2. The van der Waals surface area contributed by atoms with Gasteiger partial charge in [0.1, 0.15) is 0 Å². The van der Waals surface area contributed by atoms with Crippen molar-refractivity contribution in [2.45, 2.75) is 19.5 Å². The third kappa shape index (κ3) is 4.46. The van der Waals surface area contributed by atoms with Crippen LogP contribution in [-0.2, 0) is 11.0 Å². The van der Waals surface area contributed by atoms with Gasteiger partial charge >= 0.3 is 6.18 Å². The van der Waals surface area contributed by atoms with Crippen LogP contribution in [0.15, 0.2) is 18.2 Å². The van der Waals surface area contributed by atoms with Gasteiger partial charge in [0.15, 0.2) is 0 Å². The second-order valence-corrected chi connectivity index (χ2v) is 4.07. The number of carbonyl (C=O) groups is 1. The van der Waals surface area contributed by atoms with E-state index in [1.807, 2.05) is 6.92 Å². The van der Waals surface area contributed by atoms with Crippen molar-refractivity contribution in [2.75, 3.05) is 18.4 Å². The molecule has 108 valence electrons. The Morgan fingerprint density at radius 2 is 2.10 bits per heavy atom. The quantitative estimate of drug-likeness (QED) is 0.873. The first-order valence-corrected chi connectivity index (χ1v) is 6.00. The lowest BCUT2D eigenvalue weighted by molar-refractivity contribution is -0.137. The lowest BCUT2D eigenvalue weighted by Gasteiger charge is -2.14. The van der Waals surface area contributed by atoms with Crippen LogP contribution < -0.4 is 10.6 Å². The molecule has 0 spiro atoms. The van der Waals surface area contributed by atoms with Gasteiger partial charge in [-0.1, -0.05) is 6.92 Å². The second kappa shape index (κ2) is 6.80. The molecule has 0 aromatic heterocycles. The van der Waals surface area contributed by atoms with E-state index in [0.717, 1.165) is 18.6 Å². The number of nitriles is 1. The van der Waals surface area contributed by atoms with Crippen LogP contribution in [0.4, 0.5) is 18.9 Å². The Labute approximate surface area is 114 Å². The first kappa shape index (κ1) is 15.8. The van der Waals surface area contributed by atoms with Gasteiger partial charge < -0.3 is 10.6 Å². The molecule has 20 heavy (non-hydrogen) atoms. The fourth-order valence-electron chi connectivity index (χ4n) is 1.50. The molecular weight excluding hydrogens is 271 g/mol. The molecule has 0 aliphatic carbocycles. The Kier molecular flexibility index (Phi) is 5.38. The molecule has 1 aromatic carbocycles. The Hall–Kier alpha value is -2.23. The van der Waals surface area contributed by atoms with Gasteiger partial charge in [0.25, 0.3) is 0 Å². The molecule has 2 N–H and O–H groups in total. The second-order valence-electron chi connectivity index (χ2n) is 4.07. The molecule has 0 heterocycles. The summed E-state index contributed by atoms with van der Waals surface area (Å²) in [4.78, 5) is 11.4. The summed E-state index contributed by atoms with van der Waals surface area (Å²) in [6, 6.07) is 4.82. The summed E-state index contributed by atoms with van der Waals surface area (Å²) in [7, 11) is 0. The molecule has 0 unspecified atom stereocenters. The Balaban J connectivity index is 2.85. The number of benzene rings is 1. The monoisotopic (exact) mass is 285 g/mol. The molecule has 4 nitrogen and oxygen atoms in total. The maximum absolute atomic E-state index is 12.8. The van der Waals surface area contributed by atoms with Gasteiger partial charge in [-0.2, -0.15) is 18.4 Å². The van der Waals surface area contributed by atoms with Crippen molar-refractivity contribution in [3.8, 4) is 6.07 Å². The van der Waals surface area contributed by atoms with Crippen LogP contribution in [0.3, 0.4) is 0 Å². The Morgan fingerprint density at radius 3 is 2.65 bits per heavy atom. The van der Waals surface area contributed by atoms with E-state index in [9.17, 15) is 18.0 Å². The normalized spacial score (nSPS) is 10.8. The minimum atomic E-state index is -4.59. The number of anilines is 1. The molecule has 0 saturated heterocycles. The van der Waals surface area contributed by atoms with E-state index in [-0.39, 0.29) is 23.7 Å². The Bertz CT molecular complexity index is 521. The number of amides is 1. The number of nitrogens with zero attached hydrogens (tertiary/aromatic N) is 1. The van der Waals surface area contributed by atoms with Crippen molar-refractivity contribution in [2.24, 2.45) is 0 Å². The summed E-state index contributed by atoms with van der Waals surface area (Å²) in [6.45, 7) is 2.09. The highest BCUT2D eigenvalue weighted by atomic mass is 19.4. The van der Waals surface area contributed by atoms with Crippen molar-refractivity contribution in [1.29, 1.82) is 5.26 Å². The van der Waals surface area contributed by atoms with Crippen molar-refractivity contribution < 1.29 is 18.0 Å². The van der Waals surface area contributed by atoms with Crippen LogP contribution in [0, 0.1) is 11.3 Å². The maximum Gasteiger partial charge on any atom is 0.418 e. The van der Waals surface area contributed by atoms with Gasteiger partial charge in [-0.3, -0.25) is 4.79 Å². The largest absolute Gasteiger partial charge is 0.418 e. The molecule has 7 heteroatoms. The zero-order valence-electron chi connectivity index (χ0n) is 10.8. The van der Waals surface area contributed by atoms with E-state index in [2.05, 4.69) is 10.6 Å². The molecule has 1 rings (SSSR count). The Morgan fingerprint density at radius 1 is 1.40 bits per heavy atom. The molecule has 1 aromatic rings. The summed E-state index contributed by atoms with van der Waals surface area (Å²) >= 11 is 0. The topological polar surface area (TPSA) is 64.9 Å². The molecule has 0 fully saturated rings. The van der Waals surface area contributed by atoms with Gasteiger partial charge in [-0.25, -0.2) is 0 Å². The molecule has 1 amide bonds. The highest BCUT2D eigenvalue weighted by Crippen LogP contribution is 2.35. The van der Waals surface area contributed by atoms with E-state index < -0.39 is 11.7 Å². The number of nitrogens with one attached hydrogen (secondary N) is 2. The van der Waals surface area contributed by atoms with Crippen molar-refractivity contribution in [3.63, 3.8) is 0 Å². The van der Waals surface area contributed by atoms with Crippen LogP contribution in [0.5, 0.6) is 0 Å². The zero-order chi connectivity index (χ0) is 15.2. The van der Waals surface area contributed by atoms with Gasteiger partial charge in [-0.15, -0.1) is 0 Å². The van der Waals surface area contributed by atoms with Gasteiger partial charge in [-0.05, 0) is 24.6 Å². The SMILES string of the molecule is CCCNC(=O)CNc1ccc(C#N)cc1C(F)(F)F. The number of carbonyl (C=O) groups excluding carboxylic acids is 1. The summed E-state index contributed by atoms with van der Waals surface area (Å²) in [5.74, 6) is -0.385. The molecule has 0 aliphatic rings. The average Bonchev–Trinajstić information content (AvgIpc) is 2.41. The third-order valence-electron chi connectivity index (χ3n) is 2.47. The van der Waals surface area contributed by atoms with E-state index >= 15 is 0 Å². The highest BCUT2D eigenvalue weighted by Gasteiger charge is 2.33. The predicted molar refractivity (Wildman–Crippen MR) is 67.9 cm³/mol. The van der Waals surface area contributed by atoms with Crippen LogP contribution in [0.1, 0.15) is 24.5 Å². The van der Waals surface area contributed by atoms with E-state index in [1.165, 1.54) is 6.07 Å². The van der Waals surface area contributed by atoms with Crippen LogP contribution >= 0.6 is 0 Å². The highest BCUT2D eigenvalue weighted by molar-refractivity contribution is 5.81. The van der Waals surface area contributed by atoms with Gasteiger partial charge in [0, 0.05) is 12.2 Å². The van der Waals surface area contributed by atoms with Gasteiger partial charge in [0.05, 0.1) is 23.7 Å². The molecule has 0 atom stereocenters. The smallest absolute Gasteiger partial charge is 0.376 e. The maximum atomic E-state index is 12.8. The van der Waals surface area contributed by atoms with E-state index in [0.29, 0.717) is 6.54 Å². The molecule has 0 radical (unpaired) electrons. The third-order valence-corrected chi connectivity index (χ3v) is 2.47. The minimum absolute atomic E-state index is 0.0849. The van der Waals surface area contributed by atoms with Crippen LogP contribution in [0.25, 0.3) is 0 Å². The summed E-state index contributed by atoms with van der Waals surface area (Å²) < 4.78 is 38.5. The van der Waals surface area contributed by atoms with Crippen LogP contribution in [0.2, 0.25) is 0 Å². The fourth-order valence-corrected chi connectivity index (χ4v) is 1.50. The zero-order valence-corrected chi connectivity index (χ0v) is 10.8. The average molecular weight is 285 g/mol. The van der Waals surface area contributed by atoms with Crippen LogP contribution in [-0.4, -0.2) is 19.0 Å². The van der Waals surface area contributed by atoms with Crippen molar-refractivity contribution in [3.05, 3.63) is 29.3 Å². The summed E-state index contributed by atoms with van der Waals surface area (Å²) in [6.07, 6.45) is -3.84. The molecule has 0 bridgehead atoms. The summed E-state index contributed by atoms with van der Waals surface area (Å²) in [5.41, 5.74) is -1.26. The molecule has 0 aliphatic heterocycles. The number of hydrogen-bond acceptors (Lipinski definition) is 3. The standard InChI is InChI=1S/C13H14F3N3O/c1-2-5-18-12(20)8-19-11-4-3-9(7-17)6-10(11)13(14,15)16/h3-4,6,19H,2,5,8H2,1H3,(H,18,20). The lowest BCUT2D eigenvalue weighted by atomic mass is 10.1. The predicted octanol–water partition coefficient (Wildman–Crippen LogP) is 2.52. The first-order valence-electron chi connectivity index (χ1n) is 6.00. The summed E-state index contributed by atoms with van der Waals surface area (Å²) in [5, 5.41) is 13.6. The first-order chi connectivity index (χ1) is 9.38. The molecule has 0 saturated carbocycles. The number of halogens is 3. The van der Waals surface area contributed by atoms with Crippen molar-refractivity contribution in [1.82, 2.24) is 5.32 Å². The van der Waals surface area contributed by atoms with Gasteiger partial charge in [0.2, 0.25) is 5.91 Å². The molecular formula is C13H14F3N3O. The fraction of sp³-hybridized carbons (Fsp3) is 0.385. The van der Waals surface area contributed by atoms with E-state index in [1.54, 1.807) is 6.07 Å². The minimum Gasteiger partial charge on any atom is -0.376 e. The van der Waals surface area contributed by atoms with E-state index in [4.69, 9.17) is 5.26 Å².